The molecule has 1 aromatic carbocycles. The Hall–Kier alpha value is -0.980. The first kappa shape index (κ1) is 15.4. The fourth-order valence-electron chi connectivity index (χ4n) is 2.68. The molecule has 0 aromatic heterocycles. The summed E-state index contributed by atoms with van der Waals surface area (Å²) in [5.74, 6) is -0.0481. The molecule has 2 rings (SSSR count). The highest BCUT2D eigenvalue weighted by Gasteiger charge is 2.29. The first-order chi connectivity index (χ1) is 9.42. The van der Waals surface area contributed by atoms with Gasteiger partial charge in [0.15, 0.2) is 0 Å². The van der Waals surface area contributed by atoms with Gasteiger partial charge in [0, 0.05) is 18.7 Å². The van der Waals surface area contributed by atoms with E-state index in [0.717, 1.165) is 25.7 Å². The second-order valence-corrected chi connectivity index (χ2v) is 7.70. The van der Waals surface area contributed by atoms with Crippen molar-refractivity contribution in [2.75, 3.05) is 7.05 Å². The van der Waals surface area contributed by atoms with Crippen molar-refractivity contribution in [1.82, 2.24) is 4.31 Å². The molecule has 110 valence electrons. The van der Waals surface area contributed by atoms with Crippen LogP contribution in [-0.2, 0) is 15.8 Å². The minimum atomic E-state index is -3.33. The molecule has 1 aliphatic rings. The average molecular weight is 312 g/mol. The zero-order valence-electron chi connectivity index (χ0n) is 11.6. The lowest BCUT2D eigenvalue weighted by Gasteiger charge is -2.24. The second kappa shape index (κ2) is 6.20. The lowest BCUT2D eigenvalue weighted by Crippen LogP contribution is -2.36. The van der Waals surface area contributed by atoms with Crippen molar-refractivity contribution in [3.8, 4) is 0 Å². The summed E-state index contributed by atoms with van der Waals surface area (Å²) in [6.07, 6.45) is 4.11. The molecular formula is C14H20N2O2S2. The van der Waals surface area contributed by atoms with Crippen LogP contribution in [0.1, 0.15) is 36.8 Å². The third-order valence-corrected chi connectivity index (χ3v) is 5.97. The lowest BCUT2D eigenvalue weighted by atomic mass is 10.1. The fourth-order valence-corrected chi connectivity index (χ4v) is 4.39. The Morgan fingerprint density at radius 3 is 2.55 bits per heavy atom. The molecule has 20 heavy (non-hydrogen) atoms. The van der Waals surface area contributed by atoms with Gasteiger partial charge < -0.3 is 5.73 Å². The minimum absolute atomic E-state index is 0.0481. The van der Waals surface area contributed by atoms with E-state index in [-0.39, 0.29) is 16.8 Å². The Labute approximate surface area is 126 Å². The van der Waals surface area contributed by atoms with Crippen LogP contribution >= 0.6 is 12.2 Å². The van der Waals surface area contributed by atoms with Gasteiger partial charge in [0.2, 0.25) is 10.0 Å². The van der Waals surface area contributed by atoms with Gasteiger partial charge in [-0.15, -0.1) is 0 Å². The maximum atomic E-state index is 12.5. The van der Waals surface area contributed by atoms with Gasteiger partial charge in [-0.3, -0.25) is 0 Å². The van der Waals surface area contributed by atoms with Crippen LogP contribution in [0.3, 0.4) is 0 Å². The quantitative estimate of drug-likeness (QED) is 0.845. The van der Waals surface area contributed by atoms with Gasteiger partial charge in [-0.1, -0.05) is 49.3 Å². The van der Waals surface area contributed by atoms with Gasteiger partial charge in [-0.2, -0.15) is 0 Å². The van der Waals surface area contributed by atoms with Crippen molar-refractivity contribution in [3.05, 3.63) is 35.4 Å². The summed E-state index contributed by atoms with van der Waals surface area (Å²) in [5.41, 5.74) is 6.97. The van der Waals surface area contributed by atoms with Crippen LogP contribution in [0, 0.1) is 0 Å². The summed E-state index contributed by atoms with van der Waals surface area (Å²) in [6, 6.07) is 7.29. The van der Waals surface area contributed by atoms with Gasteiger partial charge in [0.1, 0.15) is 4.99 Å². The average Bonchev–Trinajstić information content (AvgIpc) is 2.91. The molecule has 0 spiro atoms. The molecule has 1 saturated carbocycles. The lowest BCUT2D eigenvalue weighted by molar-refractivity contribution is 0.372. The van der Waals surface area contributed by atoms with Gasteiger partial charge in [0.25, 0.3) is 0 Å². The Balaban J connectivity index is 2.22. The van der Waals surface area contributed by atoms with Crippen molar-refractivity contribution >= 4 is 27.2 Å². The molecule has 0 atom stereocenters. The summed E-state index contributed by atoms with van der Waals surface area (Å²) in [4.78, 5) is 0.235. The summed E-state index contributed by atoms with van der Waals surface area (Å²) < 4.78 is 26.5. The van der Waals surface area contributed by atoms with Crippen molar-refractivity contribution in [1.29, 1.82) is 0 Å². The number of benzene rings is 1. The SMILES string of the molecule is CN(C1CCCC1)S(=O)(=O)Cc1ccccc1C(N)=S. The molecule has 0 aliphatic heterocycles. The van der Waals surface area contributed by atoms with Crippen LogP contribution in [0.15, 0.2) is 24.3 Å². The topological polar surface area (TPSA) is 63.4 Å². The van der Waals surface area contributed by atoms with Crippen LogP contribution in [0.2, 0.25) is 0 Å². The zero-order chi connectivity index (χ0) is 14.8. The highest BCUT2D eigenvalue weighted by atomic mass is 32.2. The predicted molar refractivity (Wildman–Crippen MR) is 85.0 cm³/mol. The molecule has 1 fully saturated rings. The molecule has 4 nitrogen and oxygen atoms in total. The molecule has 0 bridgehead atoms. The highest BCUT2D eigenvalue weighted by Crippen LogP contribution is 2.26. The zero-order valence-corrected chi connectivity index (χ0v) is 13.2. The molecule has 0 amide bonds. The van der Waals surface area contributed by atoms with Crippen molar-refractivity contribution in [3.63, 3.8) is 0 Å². The molecule has 1 aliphatic carbocycles. The van der Waals surface area contributed by atoms with Crippen LogP contribution < -0.4 is 5.73 Å². The van der Waals surface area contributed by atoms with E-state index in [1.165, 1.54) is 4.31 Å². The van der Waals surface area contributed by atoms with E-state index in [1.807, 2.05) is 12.1 Å². The van der Waals surface area contributed by atoms with E-state index in [4.69, 9.17) is 18.0 Å². The van der Waals surface area contributed by atoms with Gasteiger partial charge in [-0.25, -0.2) is 12.7 Å². The minimum Gasteiger partial charge on any atom is -0.389 e. The van der Waals surface area contributed by atoms with E-state index >= 15 is 0 Å². The maximum absolute atomic E-state index is 12.5. The number of nitrogens with two attached hydrogens (primary N) is 1. The van der Waals surface area contributed by atoms with Gasteiger partial charge in [0.05, 0.1) is 5.75 Å². The van der Waals surface area contributed by atoms with Crippen LogP contribution in [0.5, 0.6) is 0 Å². The Morgan fingerprint density at radius 2 is 1.95 bits per heavy atom. The third kappa shape index (κ3) is 3.37. The van der Waals surface area contributed by atoms with E-state index < -0.39 is 10.0 Å². The smallest absolute Gasteiger partial charge is 0.218 e. The molecule has 1 aromatic rings. The first-order valence-corrected chi connectivity index (χ1v) is 8.77. The second-order valence-electron chi connectivity index (χ2n) is 5.23. The van der Waals surface area contributed by atoms with Crippen LogP contribution in [0.25, 0.3) is 0 Å². The van der Waals surface area contributed by atoms with E-state index in [0.29, 0.717) is 11.1 Å². The van der Waals surface area contributed by atoms with E-state index in [2.05, 4.69) is 0 Å². The normalized spacial score (nSPS) is 16.7. The summed E-state index contributed by atoms with van der Waals surface area (Å²) >= 11 is 4.98. The van der Waals surface area contributed by atoms with Crippen molar-refractivity contribution in [2.45, 2.75) is 37.5 Å². The largest absolute Gasteiger partial charge is 0.389 e. The van der Waals surface area contributed by atoms with Crippen LogP contribution in [0.4, 0.5) is 0 Å². The Morgan fingerprint density at radius 1 is 1.35 bits per heavy atom. The predicted octanol–water partition coefficient (Wildman–Crippen LogP) is 2.02. The Kier molecular flexibility index (Phi) is 4.78. The maximum Gasteiger partial charge on any atom is 0.218 e. The number of rotatable bonds is 5. The molecule has 0 unspecified atom stereocenters. The summed E-state index contributed by atoms with van der Waals surface area (Å²) in [6.45, 7) is 0. The van der Waals surface area contributed by atoms with Crippen molar-refractivity contribution < 1.29 is 8.42 Å². The van der Waals surface area contributed by atoms with Crippen LogP contribution in [-0.4, -0.2) is 30.8 Å². The third-order valence-electron chi connectivity index (χ3n) is 3.90. The monoisotopic (exact) mass is 312 g/mol. The molecule has 0 saturated heterocycles. The Bertz CT molecular complexity index is 593. The molecular weight excluding hydrogens is 292 g/mol. The number of hydrogen-bond donors (Lipinski definition) is 1. The summed E-state index contributed by atoms with van der Waals surface area (Å²) in [7, 11) is -1.66. The molecule has 0 heterocycles. The van der Waals surface area contributed by atoms with Gasteiger partial charge in [-0.05, 0) is 18.4 Å². The molecule has 2 N–H and O–H groups in total. The molecule has 0 radical (unpaired) electrons. The van der Waals surface area contributed by atoms with Crippen molar-refractivity contribution in [2.24, 2.45) is 5.73 Å². The number of sulfonamides is 1. The number of hydrogen-bond acceptors (Lipinski definition) is 3. The summed E-state index contributed by atoms with van der Waals surface area (Å²) in [5, 5.41) is 0. The first-order valence-electron chi connectivity index (χ1n) is 6.75. The number of thiocarbonyl (C=S) groups is 1. The van der Waals surface area contributed by atoms with E-state index in [9.17, 15) is 8.42 Å². The highest BCUT2D eigenvalue weighted by molar-refractivity contribution is 7.88. The standard InChI is InChI=1S/C14H20N2O2S2/c1-16(12-7-3-4-8-12)20(17,18)10-11-6-2-5-9-13(11)14(15)19/h2,5-6,9,12H,3-4,7-8,10H2,1H3,(H2,15,19). The van der Waals surface area contributed by atoms with Gasteiger partial charge >= 0.3 is 0 Å². The number of nitrogens with zero attached hydrogens (tertiary/aromatic N) is 1. The fraction of sp³-hybridized carbons (Fsp3) is 0.500. The van der Waals surface area contributed by atoms with E-state index in [1.54, 1.807) is 19.2 Å². The molecule has 6 heteroatoms.